The standard InChI is InChI=1S/C26H19FN6O/c27-17-1-6-23-22(15-17)24(10-14-29-23)32-21-9-13-30-25(16-21)26(34)33-19-4-2-18(3-5-19)31-20-7-11-28-12-8-20/h1-16H,(H,28,31)(H,33,34)(H,29,30,32). The number of nitrogens with one attached hydrogen (secondary N) is 3. The lowest BCUT2D eigenvalue weighted by Gasteiger charge is -2.11. The summed E-state index contributed by atoms with van der Waals surface area (Å²) >= 11 is 0. The summed E-state index contributed by atoms with van der Waals surface area (Å²) in [4.78, 5) is 25.2. The Kier molecular flexibility index (Phi) is 5.77. The molecule has 0 aliphatic carbocycles. The van der Waals surface area contributed by atoms with Crippen LogP contribution in [0.4, 0.5) is 32.8 Å². The molecule has 3 N–H and O–H groups in total. The number of pyridine rings is 3. The zero-order chi connectivity index (χ0) is 23.3. The van der Waals surface area contributed by atoms with Crippen LogP contribution in [0.5, 0.6) is 0 Å². The van der Waals surface area contributed by atoms with Crippen LogP contribution < -0.4 is 16.0 Å². The van der Waals surface area contributed by atoms with E-state index < -0.39 is 0 Å². The van der Waals surface area contributed by atoms with Gasteiger partial charge in [0.2, 0.25) is 0 Å². The fourth-order valence-electron chi connectivity index (χ4n) is 3.45. The minimum atomic E-state index is -0.347. The van der Waals surface area contributed by atoms with E-state index in [1.54, 1.807) is 61.2 Å². The fourth-order valence-corrected chi connectivity index (χ4v) is 3.45. The lowest BCUT2D eigenvalue weighted by atomic mass is 10.1. The molecule has 3 heterocycles. The van der Waals surface area contributed by atoms with Gasteiger partial charge in [0.05, 0.1) is 5.52 Å². The molecule has 0 radical (unpaired) electrons. The zero-order valence-corrected chi connectivity index (χ0v) is 17.9. The Hall–Kier alpha value is -4.85. The first-order valence-electron chi connectivity index (χ1n) is 10.5. The van der Waals surface area contributed by atoms with Crippen molar-refractivity contribution in [2.45, 2.75) is 0 Å². The first-order valence-corrected chi connectivity index (χ1v) is 10.5. The van der Waals surface area contributed by atoms with E-state index in [0.717, 1.165) is 11.4 Å². The maximum absolute atomic E-state index is 13.7. The second kappa shape index (κ2) is 9.33. The summed E-state index contributed by atoms with van der Waals surface area (Å²) in [6.45, 7) is 0. The monoisotopic (exact) mass is 450 g/mol. The van der Waals surface area contributed by atoms with Crippen LogP contribution in [0.15, 0.2) is 97.6 Å². The van der Waals surface area contributed by atoms with Crippen LogP contribution in [-0.2, 0) is 0 Å². The van der Waals surface area contributed by atoms with Crippen molar-refractivity contribution in [2.75, 3.05) is 16.0 Å². The average Bonchev–Trinajstić information content (AvgIpc) is 2.86. The smallest absolute Gasteiger partial charge is 0.274 e. The van der Waals surface area contributed by atoms with Crippen molar-refractivity contribution >= 4 is 45.2 Å². The first kappa shape index (κ1) is 21.0. The van der Waals surface area contributed by atoms with Crippen molar-refractivity contribution in [2.24, 2.45) is 0 Å². The number of carbonyl (C=O) groups excluding carboxylic acids is 1. The van der Waals surface area contributed by atoms with Gasteiger partial charge in [-0.3, -0.25) is 19.7 Å². The first-order chi connectivity index (χ1) is 16.6. The van der Waals surface area contributed by atoms with Crippen molar-refractivity contribution in [3.05, 3.63) is 109 Å². The zero-order valence-electron chi connectivity index (χ0n) is 17.9. The highest BCUT2D eigenvalue weighted by molar-refractivity contribution is 6.03. The highest BCUT2D eigenvalue weighted by Crippen LogP contribution is 2.26. The molecule has 34 heavy (non-hydrogen) atoms. The SMILES string of the molecule is O=C(Nc1ccc(Nc2ccncc2)cc1)c1cc(Nc2ccnc3ccc(F)cc23)ccn1. The highest BCUT2D eigenvalue weighted by Gasteiger charge is 2.10. The summed E-state index contributed by atoms with van der Waals surface area (Å²) in [5, 5.41) is 9.98. The number of carbonyl (C=O) groups is 1. The molecule has 0 saturated carbocycles. The molecular formula is C26H19FN6O. The van der Waals surface area contributed by atoms with Gasteiger partial charge in [-0.05, 0) is 72.8 Å². The van der Waals surface area contributed by atoms with Crippen LogP contribution in [0.1, 0.15) is 10.5 Å². The van der Waals surface area contributed by atoms with Crippen molar-refractivity contribution in [3.8, 4) is 0 Å². The third-order valence-corrected chi connectivity index (χ3v) is 5.09. The Labute approximate surface area is 194 Å². The predicted molar refractivity (Wildman–Crippen MR) is 131 cm³/mol. The Bertz CT molecular complexity index is 1460. The Balaban J connectivity index is 1.29. The molecule has 5 aromatic rings. The minimum absolute atomic E-state index is 0.244. The van der Waals surface area contributed by atoms with E-state index in [0.29, 0.717) is 28.0 Å². The number of benzene rings is 2. The van der Waals surface area contributed by atoms with Gasteiger partial charge in [0.1, 0.15) is 11.5 Å². The third-order valence-electron chi connectivity index (χ3n) is 5.09. The topological polar surface area (TPSA) is 91.8 Å². The number of hydrogen-bond donors (Lipinski definition) is 3. The summed E-state index contributed by atoms with van der Waals surface area (Å²) in [5.74, 6) is -0.690. The molecular weight excluding hydrogens is 431 g/mol. The molecule has 0 aliphatic rings. The van der Waals surface area contributed by atoms with Crippen LogP contribution in [0.25, 0.3) is 10.9 Å². The van der Waals surface area contributed by atoms with E-state index in [1.807, 2.05) is 24.3 Å². The average molecular weight is 450 g/mol. The number of fused-ring (bicyclic) bond motifs is 1. The third kappa shape index (κ3) is 4.81. The van der Waals surface area contributed by atoms with Crippen molar-refractivity contribution < 1.29 is 9.18 Å². The maximum Gasteiger partial charge on any atom is 0.274 e. The molecule has 3 aromatic heterocycles. The summed E-state index contributed by atoms with van der Waals surface area (Å²) in [6.07, 6.45) is 6.61. The fraction of sp³-hybridized carbons (Fsp3) is 0. The predicted octanol–water partition coefficient (Wildman–Crippen LogP) is 5.90. The highest BCUT2D eigenvalue weighted by atomic mass is 19.1. The minimum Gasteiger partial charge on any atom is -0.355 e. The maximum atomic E-state index is 13.7. The molecule has 0 fully saturated rings. The molecule has 2 aromatic carbocycles. The molecule has 5 rings (SSSR count). The number of amides is 1. The quantitative estimate of drug-likeness (QED) is 0.298. The molecule has 0 aliphatic heterocycles. The largest absolute Gasteiger partial charge is 0.355 e. The second-order valence-corrected chi connectivity index (χ2v) is 7.47. The lowest BCUT2D eigenvalue weighted by Crippen LogP contribution is -2.13. The number of hydrogen-bond acceptors (Lipinski definition) is 6. The van der Waals surface area contributed by atoms with Gasteiger partial charge in [0.15, 0.2) is 0 Å². The van der Waals surface area contributed by atoms with Crippen LogP contribution in [0.2, 0.25) is 0 Å². The van der Waals surface area contributed by atoms with Gasteiger partial charge >= 0.3 is 0 Å². The van der Waals surface area contributed by atoms with E-state index in [4.69, 9.17) is 0 Å². The summed E-state index contributed by atoms with van der Waals surface area (Å²) in [5.41, 5.74) is 4.68. The molecule has 8 heteroatoms. The molecule has 7 nitrogen and oxygen atoms in total. The summed E-state index contributed by atoms with van der Waals surface area (Å²) in [6, 6.07) is 20.6. The van der Waals surface area contributed by atoms with Gasteiger partial charge in [-0.2, -0.15) is 0 Å². The van der Waals surface area contributed by atoms with E-state index in [-0.39, 0.29) is 17.4 Å². The van der Waals surface area contributed by atoms with Crippen molar-refractivity contribution in [1.82, 2.24) is 15.0 Å². The van der Waals surface area contributed by atoms with Gasteiger partial charge < -0.3 is 16.0 Å². The number of anilines is 5. The van der Waals surface area contributed by atoms with E-state index in [1.165, 1.54) is 12.1 Å². The molecule has 0 bridgehead atoms. The van der Waals surface area contributed by atoms with Gasteiger partial charge in [-0.1, -0.05) is 0 Å². The van der Waals surface area contributed by atoms with Crippen LogP contribution in [0.3, 0.4) is 0 Å². The lowest BCUT2D eigenvalue weighted by molar-refractivity contribution is 0.102. The molecule has 166 valence electrons. The van der Waals surface area contributed by atoms with Crippen molar-refractivity contribution in [1.29, 1.82) is 0 Å². The van der Waals surface area contributed by atoms with Gasteiger partial charge in [0, 0.05) is 58.6 Å². The Morgan fingerprint density at radius 2 is 1.38 bits per heavy atom. The Morgan fingerprint density at radius 1 is 0.676 bits per heavy atom. The molecule has 0 spiro atoms. The molecule has 0 unspecified atom stereocenters. The number of nitrogens with zero attached hydrogens (tertiary/aromatic N) is 3. The van der Waals surface area contributed by atoms with Gasteiger partial charge in [0.25, 0.3) is 5.91 Å². The summed E-state index contributed by atoms with van der Waals surface area (Å²) < 4.78 is 13.7. The van der Waals surface area contributed by atoms with Crippen molar-refractivity contribution in [3.63, 3.8) is 0 Å². The second-order valence-electron chi connectivity index (χ2n) is 7.47. The van der Waals surface area contributed by atoms with Crippen LogP contribution in [0, 0.1) is 5.82 Å². The molecule has 1 amide bonds. The Morgan fingerprint density at radius 3 is 2.21 bits per heavy atom. The number of aromatic nitrogens is 3. The number of rotatable bonds is 6. The van der Waals surface area contributed by atoms with E-state index >= 15 is 0 Å². The molecule has 0 atom stereocenters. The normalized spacial score (nSPS) is 10.6. The van der Waals surface area contributed by atoms with E-state index in [2.05, 4.69) is 30.9 Å². The van der Waals surface area contributed by atoms with Gasteiger partial charge in [-0.15, -0.1) is 0 Å². The van der Waals surface area contributed by atoms with Crippen LogP contribution >= 0.6 is 0 Å². The van der Waals surface area contributed by atoms with E-state index in [9.17, 15) is 9.18 Å². The number of halogens is 1. The molecule has 0 saturated heterocycles. The summed E-state index contributed by atoms with van der Waals surface area (Å²) in [7, 11) is 0. The van der Waals surface area contributed by atoms with Gasteiger partial charge in [-0.25, -0.2) is 4.39 Å². The van der Waals surface area contributed by atoms with Crippen LogP contribution in [-0.4, -0.2) is 20.9 Å².